The second-order valence-corrected chi connectivity index (χ2v) is 3.37. The minimum absolute atomic E-state index is 0.425. The van der Waals surface area contributed by atoms with E-state index in [1.165, 1.54) is 6.07 Å². The Morgan fingerprint density at radius 1 is 1.35 bits per heavy atom. The van der Waals surface area contributed by atoms with Gasteiger partial charge < -0.3 is 16.4 Å². The molecule has 1 aromatic carbocycles. The molecule has 0 fully saturated rings. The Morgan fingerprint density at radius 3 is 2.65 bits per heavy atom. The molecule has 0 radical (unpaired) electrons. The zero-order chi connectivity index (χ0) is 12.9. The van der Waals surface area contributed by atoms with Crippen LogP contribution >= 0.6 is 0 Å². The summed E-state index contributed by atoms with van der Waals surface area (Å²) in [6, 6.07) is 5.65. The average Bonchev–Trinajstić information content (AvgIpc) is 2.15. The highest BCUT2D eigenvalue weighted by Gasteiger charge is 2.26. The topological polar surface area (TPSA) is 67.1 Å². The molecule has 0 saturated carbocycles. The molecule has 0 aliphatic heterocycles. The van der Waals surface area contributed by atoms with E-state index in [9.17, 15) is 18.0 Å². The molecule has 1 aromatic rings. The fourth-order valence-corrected chi connectivity index (χ4v) is 1.11. The number of nitrogens with two attached hydrogens (primary N) is 1. The van der Waals surface area contributed by atoms with Gasteiger partial charge in [-0.05, 0) is 18.2 Å². The fourth-order valence-electron chi connectivity index (χ4n) is 1.11. The van der Waals surface area contributed by atoms with Crippen molar-refractivity contribution in [3.8, 4) is 0 Å². The van der Waals surface area contributed by atoms with Crippen molar-refractivity contribution in [1.29, 1.82) is 0 Å². The molecule has 0 heterocycles. The molecule has 94 valence electrons. The minimum atomic E-state index is -4.27. The Hall–Kier alpha value is -1.92. The maximum absolute atomic E-state index is 11.8. The zero-order valence-corrected chi connectivity index (χ0v) is 8.84. The number of nitrogens with one attached hydrogen (secondary N) is 2. The number of anilines is 2. The Labute approximate surface area is 96.0 Å². The number of urea groups is 1. The van der Waals surface area contributed by atoms with Crippen LogP contribution in [0.4, 0.5) is 29.3 Å². The largest absolute Gasteiger partial charge is 0.399 e. The van der Waals surface area contributed by atoms with Crippen LogP contribution in [0.5, 0.6) is 0 Å². The van der Waals surface area contributed by atoms with E-state index in [-0.39, 0.29) is 0 Å². The lowest BCUT2D eigenvalue weighted by atomic mass is 10.3. The van der Waals surface area contributed by atoms with Gasteiger partial charge in [0.1, 0.15) is 0 Å². The summed E-state index contributed by atoms with van der Waals surface area (Å²) < 4.78 is 35.4. The van der Waals surface area contributed by atoms with E-state index < -0.39 is 25.2 Å². The minimum Gasteiger partial charge on any atom is -0.399 e. The van der Waals surface area contributed by atoms with Crippen LogP contribution in [0.25, 0.3) is 0 Å². The predicted octanol–water partition coefficient (Wildman–Crippen LogP) is 2.34. The summed E-state index contributed by atoms with van der Waals surface area (Å²) in [4.78, 5) is 11.2. The van der Waals surface area contributed by atoms with Crippen LogP contribution in [0, 0.1) is 0 Å². The van der Waals surface area contributed by atoms with Crippen molar-refractivity contribution in [2.75, 3.05) is 17.6 Å². The second kappa shape index (κ2) is 5.42. The number of hydrogen-bond donors (Lipinski definition) is 3. The molecule has 0 spiro atoms. The van der Waals surface area contributed by atoms with Gasteiger partial charge in [-0.1, -0.05) is 6.07 Å². The first-order valence-corrected chi connectivity index (χ1v) is 4.84. The van der Waals surface area contributed by atoms with Crippen LogP contribution in [-0.2, 0) is 0 Å². The Balaban J connectivity index is 2.35. The van der Waals surface area contributed by atoms with E-state index >= 15 is 0 Å². The number of nitrogen functional groups attached to an aromatic ring is 1. The number of benzene rings is 1. The van der Waals surface area contributed by atoms with Gasteiger partial charge in [0.05, 0.1) is 6.42 Å². The monoisotopic (exact) mass is 247 g/mol. The first kappa shape index (κ1) is 13.1. The van der Waals surface area contributed by atoms with Crippen molar-refractivity contribution >= 4 is 17.4 Å². The lowest BCUT2D eigenvalue weighted by molar-refractivity contribution is -0.132. The van der Waals surface area contributed by atoms with Crippen molar-refractivity contribution in [1.82, 2.24) is 5.32 Å². The molecule has 0 atom stereocenters. The Morgan fingerprint density at radius 2 is 2.06 bits per heavy atom. The Bertz CT molecular complexity index is 393. The van der Waals surface area contributed by atoms with E-state index in [2.05, 4.69) is 10.6 Å². The molecule has 0 aliphatic rings. The standard InChI is InChI=1S/C10H12F3N3O/c11-10(12,13)4-5-15-9(17)16-8-3-1-2-7(14)6-8/h1-3,6H,4-5,14H2,(H2,15,16,17). The third-order valence-electron chi connectivity index (χ3n) is 1.84. The highest BCUT2D eigenvalue weighted by Crippen LogP contribution is 2.18. The van der Waals surface area contributed by atoms with Gasteiger partial charge in [0.15, 0.2) is 0 Å². The van der Waals surface area contributed by atoms with Crippen LogP contribution in [0.1, 0.15) is 6.42 Å². The normalized spacial score (nSPS) is 11.0. The van der Waals surface area contributed by atoms with Gasteiger partial charge >= 0.3 is 12.2 Å². The summed E-state index contributed by atoms with van der Waals surface area (Å²) in [5, 5.41) is 4.47. The van der Waals surface area contributed by atoms with Gasteiger partial charge in [0, 0.05) is 17.9 Å². The van der Waals surface area contributed by atoms with E-state index in [4.69, 9.17) is 5.73 Å². The fraction of sp³-hybridized carbons (Fsp3) is 0.300. The number of hydrogen-bond acceptors (Lipinski definition) is 2. The quantitative estimate of drug-likeness (QED) is 0.718. The van der Waals surface area contributed by atoms with Gasteiger partial charge in [-0.2, -0.15) is 13.2 Å². The lowest BCUT2D eigenvalue weighted by Gasteiger charge is -2.09. The van der Waals surface area contributed by atoms with Crippen molar-refractivity contribution in [2.24, 2.45) is 0 Å². The number of carbonyl (C=O) groups excluding carboxylic acids is 1. The van der Waals surface area contributed by atoms with Gasteiger partial charge in [-0.25, -0.2) is 4.79 Å². The number of carbonyl (C=O) groups is 1. The van der Waals surface area contributed by atoms with Gasteiger partial charge in [-0.15, -0.1) is 0 Å². The molecule has 0 bridgehead atoms. The SMILES string of the molecule is Nc1cccc(NC(=O)NCCC(F)(F)F)c1. The molecule has 0 unspecified atom stereocenters. The summed E-state index contributed by atoms with van der Waals surface area (Å²) in [6.45, 7) is -0.461. The van der Waals surface area contributed by atoms with Gasteiger partial charge in [-0.3, -0.25) is 0 Å². The molecular weight excluding hydrogens is 235 g/mol. The van der Waals surface area contributed by atoms with Crippen molar-refractivity contribution < 1.29 is 18.0 Å². The summed E-state index contributed by atoms with van der Waals surface area (Å²) in [7, 11) is 0. The summed E-state index contributed by atoms with van der Waals surface area (Å²) in [6.07, 6.45) is -5.33. The molecule has 0 aliphatic carbocycles. The first-order valence-electron chi connectivity index (χ1n) is 4.84. The first-order chi connectivity index (χ1) is 7.87. The van der Waals surface area contributed by atoms with Crippen LogP contribution in [0.15, 0.2) is 24.3 Å². The molecule has 0 aromatic heterocycles. The third-order valence-corrected chi connectivity index (χ3v) is 1.84. The van der Waals surface area contributed by atoms with Crippen LogP contribution in [-0.4, -0.2) is 18.8 Å². The average molecular weight is 247 g/mol. The molecule has 4 N–H and O–H groups in total. The van der Waals surface area contributed by atoms with E-state index in [0.29, 0.717) is 11.4 Å². The zero-order valence-electron chi connectivity index (χ0n) is 8.84. The molecular formula is C10H12F3N3O. The van der Waals surface area contributed by atoms with Crippen molar-refractivity contribution in [2.45, 2.75) is 12.6 Å². The summed E-state index contributed by atoms with van der Waals surface area (Å²) in [5.74, 6) is 0. The third kappa shape index (κ3) is 5.64. The predicted molar refractivity (Wildman–Crippen MR) is 58.5 cm³/mol. The maximum Gasteiger partial charge on any atom is 0.390 e. The van der Waals surface area contributed by atoms with E-state index in [1.807, 2.05) is 0 Å². The van der Waals surface area contributed by atoms with Crippen molar-refractivity contribution in [3.05, 3.63) is 24.3 Å². The smallest absolute Gasteiger partial charge is 0.390 e. The molecule has 7 heteroatoms. The van der Waals surface area contributed by atoms with E-state index in [1.54, 1.807) is 18.2 Å². The molecule has 4 nitrogen and oxygen atoms in total. The number of halogens is 3. The van der Waals surface area contributed by atoms with E-state index in [0.717, 1.165) is 0 Å². The highest BCUT2D eigenvalue weighted by atomic mass is 19.4. The summed E-state index contributed by atoms with van der Waals surface area (Å²) in [5.41, 5.74) is 6.35. The highest BCUT2D eigenvalue weighted by molar-refractivity contribution is 5.89. The van der Waals surface area contributed by atoms with Crippen LogP contribution in [0.2, 0.25) is 0 Å². The molecule has 1 rings (SSSR count). The van der Waals surface area contributed by atoms with Gasteiger partial charge in [0.2, 0.25) is 0 Å². The van der Waals surface area contributed by atoms with Crippen molar-refractivity contribution in [3.63, 3.8) is 0 Å². The van der Waals surface area contributed by atoms with Gasteiger partial charge in [0.25, 0.3) is 0 Å². The molecule has 0 saturated heterocycles. The maximum atomic E-state index is 11.8. The van der Waals surface area contributed by atoms with Crippen LogP contribution in [0.3, 0.4) is 0 Å². The molecule has 17 heavy (non-hydrogen) atoms. The summed E-state index contributed by atoms with van der Waals surface area (Å²) >= 11 is 0. The number of rotatable bonds is 3. The number of amides is 2. The Kier molecular flexibility index (Phi) is 4.19. The van der Waals surface area contributed by atoms with Crippen LogP contribution < -0.4 is 16.4 Å². The second-order valence-electron chi connectivity index (χ2n) is 3.37. The molecule has 2 amide bonds. The number of alkyl halides is 3. The lowest BCUT2D eigenvalue weighted by Crippen LogP contribution is -2.31.